The van der Waals surface area contributed by atoms with Gasteiger partial charge in [-0.1, -0.05) is 29.8 Å². The Labute approximate surface area is 175 Å². The van der Waals surface area contributed by atoms with E-state index in [1.54, 1.807) is 28.0 Å². The molecule has 0 aliphatic carbocycles. The molecule has 1 aliphatic rings. The number of halogens is 2. The molecule has 5 nitrogen and oxygen atoms in total. The largest absolute Gasteiger partial charge is 0.492 e. The Kier molecular flexibility index (Phi) is 7.47. The van der Waals surface area contributed by atoms with Gasteiger partial charge in [0.1, 0.15) is 11.6 Å². The highest BCUT2D eigenvalue weighted by atomic mass is 35.5. The van der Waals surface area contributed by atoms with Crippen molar-refractivity contribution in [3.63, 3.8) is 0 Å². The van der Waals surface area contributed by atoms with E-state index in [9.17, 15) is 14.0 Å². The molecule has 7 heteroatoms. The van der Waals surface area contributed by atoms with Crippen LogP contribution in [0.2, 0.25) is 5.02 Å². The van der Waals surface area contributed by atoms with Crippen LogP contribution in [0.15, 0.2) is 48.5 Å². The zero-order valence-corrected chi connectivity index (χ0v) is 16.9. The maximum absolute atomic E-state index is 13.4. The Morgan fingerprint density at radius 2 is 1.76 bits per heavy atom. The molecular formula is C22H24ClFN2O3. The normalized spacial score (nSPS) is 14.4. The van der Waals surface area contributed by atoms with Crippen LogP contribution in [-0.4, -0.2) is 54.4 Å². The molecule has 3 rings (SSSR count). The summed E-state index contributed by atoms with van der Waals surface area (Å²) in [6.07, 6.45) is 1.66. The second kappa shape index (κ2) is 10.3. The highest BCUT2D eigenvalue weighted by Gasteiger charge is 2.22. The van der Waals surface area contributed by atoms with E-state index < -0.39 is 5.82 Å². The summed E-state index contributed by atoms with van der Waals surface area (Å²) in [4.78, 5) is 28.6. The zero-order valence-electron chi connectivity index (χ0n) is 16.2. The average molecular weight is 419 g/mol. The number of rotatable bonds is 6. The lowest BCUT2D eigenvalue weighted by atomic mass is 10.2. The molecule has 1 fully saturated rings. The van der Waals surface area contributed by atoms with Crippen molar-refractivity contribution >= 4 is 23.4 Å². The van der Waals surface area contributed by atoms with Gasteiger partial charge >= 0.3 is 0 Å². The predicted molar refractivity (Wildman–Crippen MR) is 110 cm³/mol. The average Bonchev–Trinajstić information content (AvgIpc) is 2.98. The fourth-order valence-electron chi connectivity index (χ4n) is 3.30. The van der Waals surface area contributed by atoms with Gasteiger partial charge in [0.15, 0.2) is 0 Å². The third-order valence-corrected chi connectivity index (χ3v) is 5.15. The number of carbonyl (C=O) groups excluding carboxylic acids is 2. The first-order chi connectivity index (χ1) is 14.0. The van der Waals surface area contributed by atoms with Crippen LogP contribution >= 0.6 is 11.6 Å². The van der Waals surface area contributed by atoms with E-state index in [-0.39, 0.29) is 11.8 Å². The van der Waals surface area contributed by atoms with Gasteiger partial charge in [-0.05, 0) is 43.2 Å². The van der Waals surface area contributed by atoms with Gasteiger partial charge in [-0.25, -0.2) is 4.39 Å². The van der Waals surface area contributed by atoms with Crippen LogP contribution in [0.25, 0.3) is 0 Å². The Morgan fingerprint density at radius 1 is 1.00 bits per heavy atom. The molecule has 0 atom stereocenters. The lowest BCUT2D eigenvalue weighted by Gasteiger charge is -2.22. The summed E-state index contributed by atoms with van der Waals surface area (Å²) in [5.41, 5.74) is 0.335. The van der Waals surface area contributed by atoms with Crippen molar-refractivity contribution in [2.24, 2.45) is 0 Å². The number of ether oxygens (including phenoxy) is 1. The maximum Gasteiger partial charge on any atom is 0.254 e. The third-order valence-electron chi connectivity index (χ3n) is 4.84. The fourth-order valence-corrected chi connectivity index (χ4v) is 3.49. The summed E-state index contributed by atoms with van der Waals surface area (Å²) in [7, 11) is 0. The first-order valence-electron chi connectivity index (χ1n) is 9.74. The van der Waals surface area contributed by atoms with E-state index in [0.717, 1.165) is 0 Å². The fraction of sp³-hybridized carbons (Fsp3) is 0.364. The lowest BCUT2D eigenvalue weighted by Crippen LogP contribution is -2.37. The molecule has 2 amide bonds. The van der Waals surface area contributed by atoms with Crippen LogP contribution in [0.3, 0.4) is 0 Å². The molecule has 0 saturated carbocycles. The second-order valence-corrected chi connectivity index (χ2v) is 7.33. The number of amides is 2. The van der Waals surface area contributed by atoms with Crippen molar-refractivity contribution in [1.82, 2.24) is 9.80 Å². The van der Waals surface area contributed by atoms with E-state index in [1.807, 2.05) is 12.1 Å². The van der Waals surface area contributed by atoms with Gasteiger partial charge < -0.3 is 14.5 Å². The van der Waals surface area contributed by atoms with Crippen molar-refractivity contribution in [3.8, 4) is 5.75 Å². The smallest absolute Gasteiger partial charge is 0.254 e. The second-order valence-electron chi connectivity index (χ2n) is 6.92. The minimum Gasteiger partial charge on any atom is -0.492 e. The van der Waals surface area contributed by atoms with Crippen molar-refractivity contribution in [2.75, 3.05) is 32.8 Å². The molecular weight excluding hydrogens is 395 g/mol. The van der Waals surface area contributed by atoms with Crippen molar-refractivity contribution in [2.45, 2.75) is 19.3 Å². The topological polar surface area (TPSA) is 49.9 Å². The summed E-state index contributed by atoms with van der Waals surface area (Å²) < 4.78 is 19.0. The molecule has 1 saturated heterocycles. The van der Waals surface area contributed by atoms with Crippen LogP contribution in [0.1, 0.15) is 29.6 Å². The predicted octanol–water partition coefficient (Wildman–Crippen LogP) is 4.01. The van der Waals surface area contributed by atoms with E-state index in [2.05, 4.69) is 0 Å². The summed E-state index contributed by atoms with van der Waals surface area (Å²) in [6, 6.07) is 12.9. The van der Waals surface area contributed by atoms with Crippen LogP contribution in [0.4, 0.5) is 4.39 Å². The van der Waals surface area contributed by atoms with Crippen LogP contribution in [0, 0.1) is 5.82 Å². The summed E-state index contributed by atoms with van der Waals surface area (Å²) in [5.74, 6) is 0.0316. The molecule has 2 aromatic rings. The zero-order chi connectivity index (χ0) is 20.6. The minimum atomic E-state index is -0.429. The lowest BCUT2D eigenvalue weighted by molar-refractivity contribution is -0.131. The maximum atomic E-state index is 13.4. The molecule has 2 aromatic carbocycles. The molecule has 0 radical (unpaired) electrons. The van der Waals surface area contributed by atoms with Crippen molar-refractivity contribution < 1.29 is 18.7 Å². The summed E-state index contributed by atoms with van der Waals surface area (Å²) in [5, 5.41) is 0.550. The van der Waals surface area contributed by atoms with Gasteiger partial charge in [0.2, 0.25) is 5.91 Å². The Bertz CT molecular complexity index is 861. The molecule has 0 aromatic heterocycles. The van der Waals surface area contributed by atoms with Gasteiger partial charge in [-0.15, -0.1) is 0 Å². The molecule has 154 valence electrons. The monoisotopic (exact) mass is 418 g/mol. The van der Waals surface area contributed by atoms with Gasteiger partial charge in [-0.2, -0.15) is 0 Å². The molecule has 0 bridgehead atoms. The molecule has 0 spiro atoms. The summed E-state index contributed by atoms with van der Waals surface area (Å²) in [6.45, 7) is 2.49. The Morgan fingerprint density at radius 3 is 2.55 bits per heavy atom. The van der Waals surface area contributed by atoms with Crippen LogP contribution in [-0.2, 0) is 4.79 Å². The van der Waals surface area contributed by atoms with Gasteiger partial charge in [-0.3, -0.25) is 9.59 Å². The first kappa shape index (κ1) is 21.1. The SMILES string of the molecule is O=C(CCCOc1ccccc1Cl)N1CCCN(C(=O)c2cccc(F)c2)CC1. The Balaban J connectivity index is 1.44. The number of hydrogen-bond acceptors (Lipinski definition) is 3. The summed E-state index contributed by atoms with van der Waals surface area (Å²) >= 11 is 6.04. The third kappa shape index (κ3) is 5.94. The highest BCUT2D eigenvalue weighted by Crippen LogP contribution is 2.23. The van der Waals surface area contributed by atoms with Crippen molar-refractivity contribution in [1.29, 1.82) is 0 Å². The quantitative estimate of drug-likeness (QED) is 0.666. The van der Waals surface area contributed by atoms with Crippen LogP contribution < -0.4 is 4.74 Å². The molecule has 0 unspecified atom stereocenters. The molecule has 0 N–H and O–H groups in total. The number of benzene rings is 2. The van der Waals surface area contributed by atoms with E-state index in [0.29, 0.717) is 68.4 Å². The Hall–Kier alpha value is -2.60. The molecule has 1 heterocycles. The highest BCUT2D eigenvalue weighted by molar-refractivity contribution is 6.32. The van der Waals surface area contributed by atoms with Gasteiger partial charge in [0.25, 0.3) is 5.91 Å². The van der Waals surface area contributed by atoms with Gasteiger partial charge in [0, 0.05) is 38.2 Å². The standard InChI is InChI=1S/C22H24ClFN2O3/c23-19-8-1-2-9-20(19)29-15-4-10-21(27)25-11-5-12-26(14-13-25)22(28)17-6-3-7-18(24)16-17/h1-3,6-9,16H,4-5,10-15H2. The van der Waals surface area contributed by atoms with E-state index >= 15 is 0 Å². The number of hydrogen-bond donors (Lipinski definition) is 0. The van der Waals surface area contributed by atoms with E-state index in [1.165, 1.54) is 18.2 Å². The van der Waals surface area contributed by atoms with Gasteiger partial charge in [0.05, 0.1) is 11.6 Å². The number of carbonyl (C=O) groups is 2. The molecule has 29 heavy (non-hydrogen) atoms. The minimum absolute atomic E-state index is 0.0489. The number of nitrogens with zero attached hydrogens (tertiary/aromatic N) is 2. The van der Waals surface area contributed by atoms with Crippen molar-refractivity contribution in [3.05, 3.63) is 64.9 Å². The molecule has 1 aliphatic heterocycles. The van der Waals surface area contributed by atoms with Crippen LogP contribution in [0.5, 0.6) is 5.75 Å². The first-order valence-corrected chi connectivity index (χ1v) is 10.1. The van der Waals surface area contributed by atoms with E-state index in [4.69, 9.17) is 16.3 Å². The number of para-hydroxylation sites is 1.